The Hall–Kier alpha value is -2.16. The lowest BCUT2D eigenvalue weighted by atomic mass is 10.1. The molecule has 0 unspecified atom stereocenters. The summed E-state index contributed by atoms with van der Waals surface area (Å²) in [5.74, 6) is -0.450. The Morgan fingerprint density at radius 1 is 1.23 bits per heavy atom. The quantitative estimate of drug-likeness (QED) is 0.536. The maximum atomic E-state index is 12.4. The van der Waals surface area contributed by atoms with E-state index in [1.807, 2.05) is 30.3 Å². The Morgan fingerprint density at radius 3 is 2.58 bits per heavy atom. The van der Waals surface area contributed by atoms with Crippen molar-refractivity contribution in [2.75, 3.05) is 53.6 Å². The number of hydrogen-bond acceptors (Lipinski definition) is 7. The Kier molecular flexibility index (Phi) is 8.33. The summed E-state index contributed by atoms with van der Waals surface area (Å²) in [4.78, 5) is 32.5. The minimum absolute atomic E-state index is 0.285. The molecule has 0 aliphatic carbocycles. The summed E-state index contributed by atoms with van der Waals surface area (Å²) >= 11 is 0. The van der Waals surface area contributed by atoms with Gasteiger partial charge in [-0.3, -0.25) is 9.69 Å². The number of carbonyl (C=O) groups is 2. The summed E-state index contributed by atoms with van der Waals surface area (Å²) in [6.45, 7) is 4.02. The van der Waals surface area contributed by atoms with Crippen LogP contribution in [-0.4, -0.2) is 81.5 Å². The van der Waals surface area contributed by atoms with Crippen molar-refractivity contribution < 1.29 is 23.9 Å². The molecule has 1 aliphatic heterocycles. The topological polar surface area (TPSA) is 80.3 Å². The smallest absolute Gasteiger partial charge is 0.428 e. The van der Waals surface area contributed by atoms with Gasteiger partial charge >= 0.3 is 12.1 Å². The van der Waals surface area contributed by atoms with Gasteiger partial charge in [-0.05, 0) is 5.56 Å². The summed E-state index contributed by atoms with van der Waals surface area (Å²) in [6.07, 6.45) is -0.220. The van der Waals surface area contributed by atoms with E-state index < -0.39 is 18.1 Å². The van der Waals surface area contributed by atoms with Crippen LogP contribution in [0.3, 0.4) is 0 Å². The third-order valence-electron chi connectivity index (χ3n) is 3.98. The summed E-state index contributed by atoms with van der Waals surface area (Å²) in [5.41, 5.74) is 3.48. The molecule has 8 heteroatoms. The van der Waals surface area contributed by atoms with Crippen LogP contribution in [-0.2, 0) is 25.5 Å². The van der Waals surface area contributed by atoms with Gasteiger partial charge in [0.05, 0.1) is 13.2 Å². The Bertz CT molecular complexity index is 561. The van der Waals surface area contributed by atoms with Gasteiger partial charge in [0.1, 0.15) is 12.6 Å². The number of ether oxygens (including phenoxy) is 2. The van der Waals surface area contributed by atoms with E-state index in [9.17, 15) is 9.59 Å². The van der Waals surface area contributed by atoms with Gasteiger partial charge in [0.15, 0.2) is 0 Å². The molecule has 1 fully saturated rings. The normalized spacial score (nSPS) is 15.9. The lowest BCUT2D eigenvalue weighted by molar-refractivity contribution is -0.149. The Labute approximate surface area is 153 Å². The van der Waals surface area contributed by atoms with Crippen molar-refractivity contribution in [1.82, 2.24) is 15.3 Å². The zero-order valence-corrected chi connectivity index (χ0v) is 15.3. The van der Waals surface area contributed by atoms with Crippen LogP contribution >= 0.6 is 0 Å². The summed E-state index contributed by atoms with van der Waals surface area (Å²) < 4.78 is 10.7. The SMILES string of the molecule is CN(C)C(=O)ON[C@@H](Cc1ccccc1)C(=O)OCCN1CCOCC1. The lowest BCUT2D eigenvalue weighted by Crippen LogP contribution is -2.44. The number of carbonyl (C=O) groups excluding carboxylic acids is 2. The van der Waals surface area contributed by atoms with Crippen molar-refractivity contribution in [3.05, 3.63) is 35.9 Å². The fourth-order valence-corrected chi connectivity index (χ4v) is 2.44. The molecule has 1 amide bonds. The van der Waals surface area contributed by atoms with Crippen molar-refractivity contribution in [3.63, 3.8) is 0 Å². The van der Waals surface area contributed by atoms with E-state index in [2.05, 4.69) is 10.4 Å². The Balaban J connectivity index is 1.85. The molecular weight excluding hydrogens is 338 g/mol. The molecule has 1 aromatic rings. The zero-order chi connectivity index (χ0) is 18.8. The number of benzene rings is 1. The molecule has 2 rings (SSSR count). The largest absolute Gasteiger partial charge is 0.463 e. The van der Waals surface area contributed by atoms with Gasteiger partial charge in [-0.25, -0.2) is 4.79 Å². The van der Waals surface area contributed by atoms with Gasteiger partial charge in [0, 0.05) is 40.2 Å². The molecule has 8 nitrogen and oxygen atoms in total. The summed E-state index contributed by atoms with van der Waals surface area (Å²) in [6, 6.07) is 8.72. The number of nitrogens with zero attached hydrogens (tertiary/aromatic N) is 2. The fraction of sp³-hybridized carbons (Fsp3) is 0.556. The first-order chi connectivity index (χ1) is 12.6. The van der Waals surface area contributed by atoms with Crippen LogP contribution in [0.4, 0.5) is 4.79 Å². The maximum absolute atomic E-state index is 12.4. The van der Waals surface area contributed by atoms with E-state index in [1.54, 1.807) is 14.1 Å². The van der Waals surface area contributed by atoms with E-state index in [-0.39, 0.29) is 6.61 Å². The second kappa shape index (κ2) is 10.7. The van der Waals surface area contributed by atoms with E-state index in [4.69, 9.17) is 14.3 Å². The van der Waals surface area contributed by atoms with Crippen LogP contribution in [0.25, 0.3) is 0 Å². The third kappa shape index (κ3) is 6.99. The fourth-order valence-electron chi connectivity index (χ4n) is 2.44. The van der Waals surface area contributed by atoms with Gasteiger partial charge in [-0.15, -0.1) is 5.48 Å². The van der Waals surface area contributed by atoms with Crippen molar-refractivity contribution in [3.8, 4) is 0 Å². The first-order valence-electron chi connectivity index (χ1n) is 8.70. The second-order valence-corrected chi connectivity index (χ2v) is 6.24. The zero-order valence-electron chi connectivity index (χ0n) is 15.3. The number of nitrogens with one attached hydrogen (secondary N) is 1. The van der Waals surface area contributed by atoms with E-state index in [0.29, 0.717) is 26.2 Å². The van der Waals surface area contributed by atoms with Crippen LogP contribution in [0.1, 0.15) is 5.56 Å². The number of hydrogen-bond donors (Lipinski definition) is 1. The molecule has 1 saturated heterocycles. The average molecular weight is 365 g/mol. The maximum Gasteiger partial charge on any atom is 0.428 e. The Morgan fingerprint density at radius 2 is 1.92 bits per heavy atom. The molecule has 0 saturated carbocycles. The predicted octanol–water partition coefficient (Wildman–Crippen LogP) is 0.676. The standard InChI is InChI=1S/C18H27N3O5/c1-20(2)18(23)26-19-16(14-15-6-4-3-5-7-15)17(22)25-13-10-21-8-11-24-12-9-21/h3-7,16,19H,8-14H2,1-2H3/t16-/m0/s1. The molecule has 26 heavy (non-hydrogen) atoms. The van der Waals surface area contributed by atoms with Crippen LogP contribution in [0.15, 0.2) is 30.3 Å². The molecule has 0 bridgehead atoms. The van der Waals surface area contributed by atoms with E-state index in [0.717, 1.165) is 18.7 Å². The predicted molar refractivity (Wildman–Crippen MR) is 95.5 cm³/mol. The highest BCUT2D eigenvalue weighted by Crippen LogP contribution is 2.06. The highest BCUT2D eigenvalue weighted by atomic mass is 16.7. The van der Waals surface area contributed by atoms with Crippen molar-refractivity contribution in [2.45, 2.75) is 12.5 Å². The molecule has 1 N–H and O–H groups in total. The van der Waals surface area contributed by atoms with Crippen LogP contribution in [0.5, 0.6) is 0 Å². The monoisotopic (exact) mass is 365 g/mol. The number of hydroxylamine groups is 1. The minimum atomic E-state index is -0.772. The van der Waals surface area contributed by atoms with E-state index in [1.165, 1.54) is 4.90 Å². The lowest BCUT2D eigenvalue weighted by Gasteiger charge is -2.26. The summed E-state index contributed by atoms with van der Waals surface area (Å²) in [5, 5.41) is 0. The molecule has 1 heterocycles. The molecule has 0 aromatic heterocycles. The first-order valence-corrected chi connectivity index (χ1v) is 8.70. The molecule has 0 spiro atoms. The van der Waals surface area contributed by atoms with Gasteiger partial charge in [-0.1, -0.05) is 30.3 Å². The molecule has 1 aromatic carbocycles. The molecular formula is C18H27N3O5. The van der Waals surface area contributed by atoms with Gasteiger partial charge < -0.3 is 19.2 Å². The van der Waals surface area contributed by atoms with Crippen LogP contribution in [0.2, 0.25) is 0 Å². The number of morpholine rings is 1. The molecule has 1 aliphatic rings. The van der Waals surface area contributed by atoms with Crippen molar-refractivity contribution in [1.29, 1.82) is 0 Å². The minimum Gasteiger partial charge on any atom is -0.463 e. The van der Waals surface area contributed by atoms with E-state index >= 15 is 0 Å². The number of rotatable bonds is 8. The van der Waals surface area contributed by atoms with Gasteiger partial charge in [0.2, 0.25) is 0 Å². The summed E-state index contributed by atoms with van der Waals surface area (Å²) in [7, 11) is 3.13. The third-order valence-corrected chi connectivity index (χ3v) is 3.98. The van der Waals surface area contributed by atoms with Crippen LogP contribution < -0.4 is 5.48 Å². The number of amides is 1. The van der Waals surface area contributed by atoms with Crippen molar-refractivity contribution >= 4 is 12.1 Å². The molecule has 0 radical (unpaired) electrons. The average Bonchev–Trinajstić information content (AvgIpc) is 2.66. The molecule has 144 valence electrons. The van der Waals surface area contributed by atoms with Crippen LogP contribution in [0, 0.1) is 0 Å². The van der Waals surface area contributed by atoms with Gasteiger partial charge in [-0.2, -0.15) is 0 Å². The second-order valence-electron chi connectivity index (χ2n) is 6.24. The van der Waals surface area contributed by atoms with Gasteiger partial charge in [0.25, 0.3) is 0 Å². The highest BCUT2D eigenvalue weighted by molar-refractivity contribution is 5.76. The van der Waals surface area contributed by atoms with Crippen molar-refractivity contribution in [2.24, 2.45) is 0 Å². The number of esters is 1. The first kappa shape index (κ1) is 20.2. The molecule has 1 atom stereocenters. The highest BCUT2D eigenvalue weighted by Gasteiger charge is 2.23.